The zero-order chi connectivity index (χ0) is 15.2. The van der Waals surface area contributed by atoms with Gasteiger partial charge in [0.05, 0.1) is 0 Å². The summed E-state index contributed by atoms with van der Waals surface area (Å²) in [6.45, 7) is 12.8. The zero-order valence-corrected chi connectivity index (χ0v) is 14.1. The molecule has 1 aromatic rings. The summed E-state index contributed by atoms with van der Waals surface area (Å²) in [7, 11) is 2.08. The normalized spacial score (nSPS) is 20.4. The van der Waals surface area contributed by atoms with Gasteiger partial charge in [-0.2, -0.15) is 0 Å². The first-order valence-corrected chi connectivity index (χ1v) is 8.42. The average molecular weight is 289 g/mol. The van der Waals surface area contributed by atoms with Crippen LogP contribution < -0.4 is 5.32 Å². The fraction of sp³-hybridized carbons (Fsp3) is 0.667. The van der Waals surface area contributed by atoms with E-state index >= 15 is 0 Å². The van der Waals surface area contributed by atoms with Gasteiger partial charge >= 0.3 is 0 Å². The van der Waals surface area contributed by atoms with E-state index in [1.54, 1.807) is 0 Å². The highest BCUT2D eigenvalue weighted by Gasteiger charge is 2.26. The van der Waals surface area contributed by atoms with E-state index in [4.69, 9.17) is 0 Å². The number of aryl methyl sites for hydroxylation is 1. The Morgan fingerprint density at radius 1 is 1.05 bits per heavy atom. The van der Waals surface area contributed by atoms with Crippen molar-refractivity contribution in [3.63, 3.8) is 0 Å². The molecule has 118 valence electrons. The lowest BCUT2D eigenvalue weighted by atomic mass is 9.97. The largest absolute Gasteiger partial charge is 0.312 e. The van der Waals surface area contributed by atoms with Crippen molar-refractivity contribution in [2.24, 2.45) is 0 Å². The van der Waals surface area contributed by atoms with Crippen LogP contribution in [-0.2, 0) is 6.42 Å². The zero-order valence-electron chi connectivity index (χ0n) is 14.1. The van der Waals surface area contributed by atoms with Gasteiger partial charge in [-0.05, 0) is 38.1 Å². The van der Waals surface area contributed by atoms with Crippen LogP contribution in [0, 0.1) is 0 Å². The summed E-state index contributed by atoms with van der Waals surface area (Å²) in [5, 5.41) is 3.52. The maximum Gasteiger partial charge on any atom is 0.0473 e. The molecule has 1 aliphatic rings. The molecule has 1 aliphatic heterocycles. The van der Waals surface area contributed by atoms with E-state index in [2.05, 4.69) is 67.2 Å². The molecule has 1 saturated heterocycles. The highest BCUT2D eigenvalue weighted by Crippen LogP contribution is 2.22. The molecular weight excluding hydrogens is 258 g/mol. The molecule has 1 aromatic carbocycles. The van der Waals surface area contributed by atoms with E-state index in [0.717, 1.165) is 6.42 Å². The number of hydrogen-bond donors (Lipinski definition) is 1. The molecule has 21 heavy (non-hydrogen) atoms. The van der Waals surface area contributed by atoms with E-state index in [1.807, 2.05) is 0 Å². The van der Waals surface area contributed by atoms with Gasteiger partial charge < -0.3 is 10.2 Å². The Morgan fingerprint density at radius 3 is 2.14 bits per heavy atom. The van der Waals surface area contributed by atoms with Gasteiger partial charge in [0.25, 0.3) is 0 Å². The van der Waals surface area contributed by atoms with Gasteiger partial charge in [-0.1, -0.05) is 38.1 Å². The van der Waals surface area contributed by atoms with Crippen LogP contribution in [0.5, 0.6) is 0 Å². The third-order valence-corrected chi connectivity index (χ3v) is 4.97. The predicted molar refractivity (Wildman–Crippen MR) is 90.8 cm³/mol. The molecule has 0 saturated carbocycles. The second-order valence-electron chi connectivity index (χ2n) is 6.07. The summed E-state index contributed by atoms with van der Waals surface area (Å²) in [5.74, 6) is 0. The smallest absolute Gasteiger partial charge is 0.0473 e. The second kappa shape index (κ2) is 7.92. The first kappa shape index (κ1) is 16.5. The maximum absolute atomic E-state index is 3.52. The van der Waals surface area contributed by atoms with Gasteiger partial charge in [0.2, 0.25) is 0 Å². The Bertz CT molecular complexity index is 407. The monoisotopic (exact) mass is 289 g/mol. The number of rotatable bonds is 6. The Balaban J connectivity index is 2.02. The maximum atomic E-state index is 3.52. The van der Waals surface area contributed by atoms with Crippen LogP contribution in [0.3, 0.4) is 0 Å². The van der Waals surface area contributed by atoms with Gasteiger partial charge in [0.15, 0.2) is 0 Å². The molecule has 0 bridgehead atoms. The fourth-order valence-corrected chi connectivity index (χ4v) is 3.34. The van der Waals surface area contributed by atoms with E-state index in [1.165, 1.54) is 43.9 Å². The molecule has 3 heteroatoms. The predicted octanol–water partition coefficient (Wildman–Crippen LogP) is 2.54. The lowest BCUT2D eigenvalue weighted by Gasteiger charge is -2.40. The van der Waals surface area contributed by atoms with Crippen LogP contribution in [0.1, 0.15) is 37.9 Å². The van der Waals surface area contributed by atoms with Gasteiger partial charge in [-0.15, -0.1) is 0 Å². The van der Waals surface area contributed by atoms with Gasteiger partial charge in [0, 0.05) is 38.3 Å². The van der Waals surface area contributed by atoms with Crippen molar-refractivity contribution in [2.45, 2.75) is 39.3 Å². The van der Waals surface area contributed by atoms with Crippen molar-refractivity contribution in [3.8, 4) is 0 Å². The van der Waals surface area contributed by atoms with Crippen LogP contribution in [0.15, 0.2) is 24.3 Å². The lowest BCUT2D eigenvalue weighted by molar-refractivity contribution is 0.0898. The molecule has 0 aromatic heterocycles. The van der Waals surface area contributed by atoms with Crippen molar-refractivity contribution < 1.29 is 0 Å². The summed E-state index contributed by atoms with van der Waals surface area (Å²) >= 11 is 0. The summed E-state index contributed by atoms with van der Waals surface area (Å²) in [5.41, 5.74) is 2.82. The first-order valence-electron chi connectivity index (χ1n) is 8.42. The third kappa shape index (κ3) is 4.06. The Morgan fingerprint density at radius 2 is 1.67 bits per heavy atom. The Kier molecular flexibility index (Phi) is 6.22. The van der Waals surface area contributed by atoms with Crippen molar-refractivity contribution in [1.82, 2.24) is 15.1 Å². The summed E-state index contributed by atoms with van der Waals surface area (Å²) in [6, 6.07) is 10.0. The van der Waals surface area contributed by atoms with Crippen molar-refractivity contribution >= 4 is 0 Å². The van der Waals surface area contributed by atoms with Crippen LogP contribution in [0.4, 0.5) is 0 Å². The minimum absolute atomic E-state index is 0.407. The van der Waals surface area contributed by atoms with E-state index in [0.29, 0.717) is 12.1 Å². The number of benzene rings is 1. The number of nitrogens with zero attached hydrogens (tertiary/aromatic N) is 2. The van der Waals surface area contributed by atoms with E-state index < -0.39 is 0 Å². The van der Waals surface area contributed by atoms with E-state index in [-0.39, 0.29) is 0 Å². The molecule has 2 unspecified atom stereocenters. The molecule has 3 nitrogen and oxygen atoms in total. The second-order valence-corrected chi connectivity index (χ2v) is 6.07. The SMILES string of the molecule is CCc1ccc(C(NC)C(C)N2CCN(CC)CC2)cc1. The molecule has 1 fully saturated rings. The van der Waals surface area contributed by atoms with Crippen molar-refractivity contribution in [3.05, 3.63) is 35.4 Å². The van der Waals surface area contributed by atoms with Gasteiger partial charge in [-0.3, -0.25) is 4.90 Å². The molecular formula is C18H31N3. The standard InChI is InChI=1S/C18H31N3/c1-5-16-7-9-17(10-8-16)18(19-4)15(3)21-13-11-20(6-2)12-14-21/h7-10,15,18-19H,5-6,11-14H2,1-4H3. The third-order valence-electron chi connectivity index (χ3n) is 4.97. The first-order chi connectivity index (χ1) is 10.2. The van der Waals surface area contributed by atoms with Gasteiger partial charge in [-0.25, -0.2) is 0 Å². The molecule has 0 amide bonds. The molecule has 1 N–H and O–H groups in total. The average Bonchev–Trinajstić information content (AvgIpc) is 2.56. The number of piperazine rings is 1. The molecule has 2 rings (SSSR count). The number of likely N-dealkylation sites (N-methyl/N-ethyl adjacent to an activating group) is 2. The van der Waals surface area contributed by atoms with Crippen molar-refractivity contribution in [1.29, 1.82) is 0 Å². The summed E-state index contributed by atoms with van der Waals surface area (Å²) in [6.07, 6.45) is 1.11. The topological polar surface area (TPSA) is 18.5 Å². The highest BCUT2D eigenvalue weighted by atomic mass is 15.3. The van der Waals surface area contributed by atoms with E-state index in [9.17, 15) is 0 Å². The Labute approximate surface area is 130 Å². The van der Waals surface area contributed by atoms with Crippen molar-refractivity contribution in [2.75, 3.05) is 39.8 Å². The summed E-state index contributed by atoms with van der Waals surface area (Å²) in [4.78, 5) is 5.16. The molecule has 1 heterocycles. The van der Waals surface area contributed by atoms with Crippen LogP contribution in [0.2, 0.25) is 0 Å². The van der Waals surface area contributed by atoms with Crippen LogP contribution >= 0.6 is 0 Å². The molecule has 0 aliphatic carbocycles. The quantitative estimate of drug-likeness (QED) is 0.868. The Hall–Kier alpha value is -0.900. The lowest BCUT2D eigenvalue weighted by Crippen LogP contribution is -2.52. The molecule has 2 atom stereocenters. The molecule has 0 radical (unpaired) electrons. The number of nitrogens with one attached hydrogen (secondary N) is 1. The molecule has 0 spiro atoms. The summed E-state index contributed by atoms with van der Waals surface area (Å²) < 4.78 is 0. The minimum atomic E-state index is 0.407. The van der Waals surface area contributed by atoms with Gasteiger partial charge in [0.1, 0.15) is 0 Å². The highest BCUT2D eigenvalue weighted by molar-refractivity contribution is 5.26. The van der Waals surface area contributed by atoms with Crippen LogP contribution in [-0.4, -0.2) is 55.6 Å². The number of hydrogen-bond acceptors (Lipinski definition) is 3. The fourth-order valence-electron chi connectivity index (χ4n) is 3.34. The van der Waals surface area contributed by atoms with Crippen LogP contribution in [0.25, 0.3) is 0 Å². The minimum Gasteiger partial charge on any atom is -0.312 e.